The van der Waals surface area contributed by atoms with Crippen molar-refractivity contribution in [2.45, 2.75) is 43.4 Å². The molecule has 2 aromatic rings. The second-order valence-corrected chi connectivity index (χ2v) is 9.85. The standard InChI is InChI=1S/C18H25N5O4S2/c1-3-12(14-7-6-11(2)27-14)21-16(19)17(20)22-13-10-28-18(15(13)24)29(25,26)23-8-4-5-9-23/h6-7,10,12,24H,3-5,8-9H2,1-2H3,(H2,19,21)(H2,20,22)/p+1/t12-/m1/s1. The van der Waals surface area contributed by atoms with Crippen LogP contribution in [0.15, 0.2) is 31.1 Å². The monoisotopic (exact) mass is 440 g/mol. The van der Waals surface area contributed by atoms with E-state index in [0.717, 1.165) is 35.7 Å². The van der Waals surface area contributed by atoms with Crippen LogP contribution >= 0.6 is 11.3 Å². The van der Waals surface area contributed by atoms with Gasteiger partial charge in [-0.1, -0.05) is 6.92 Å². The molecule has 0 radical (unpaired) electrons. The first-order valence-corrected chi connectivity index (χ1v) is 11.7. The lowest BCUT2D eigenvalue weighted by molar-refractivity contribution is -0.513. The maximum atomic E-state index is 12.7. The molecule has 9 nitrogen and oxygen atoms in total. The Kier molecular flexibility index (Phi) is 6.30. The molecule has 3 heterocycles. The third kappa shape index (κ3) is 4.46. The molecule has 3 rings (SSSR count). The highest BCUT2D eigenvalue weighted by Gasteiger charge is 2.32. The van der Waals surface area contributed by atoms with Crippen molar-refractivity contribution in [1.82, 2.24) is 4.31 Å². The van der Waals surface area contributed by atoms with Crippen molar-refractivity contribution < 1.29 is 22.9 Å². The topological polar surface area (TPSA) is 149 Å². The van der Waals surface area contributed by atoms with Gasteiger partial charge in [-0.3, -0.25) is 10.7 Å². The third-order valence-electron chi connectivity index (χ3n) is 4.71. The van der Waals surface area contributed by atoms with Crippen molar-refractivity contribution >= 4 is 38.7 Å². The molecular weight excluding hydrogens is 414 g/mol. The van der Waals surface area contributed by atoms with E-state index in [1.54, 1.807) is 0 Å². The SMILES string of the molecule is CC[C@@H]([NH+]=C(N)C(N)=Nc1csc(S(=O)(=O)N2CCCC2)c1O)c1ccc(C)o1. The molecular formula is C18H26N5O4S2+. The number of thiophene rings is 1. The van der Waals surface area contributed by atoms with Crippen molar-refractivity contribution in [1.29, 1.82) is 0 Å². The number of nitrogens with zero attached hydrogens (tertiary/aromatic N) is 2. The van der Waals surface area contributed by atoms with E-state index < -0.39 is 15.8 Å². The molecule has 0 unspecified atom stereocenters. The lowest BCUT2D eigenvalue weighted by atomic mass is 10.2. The molecule has 0 bridgehead atoms. The first-order valence-electron chi connectivity index (χ1n) is 9.34. The Balaban J connectivity index is 1.85. The molecule has 0 saturated carbocycles. The van der Waals surface area contributed by atoms with Gasteiger partial charge in [0.15, 0.2) is 16.0 Å². The van der Waals surface area contributed by atoms with Gasteiger partial charge in [-0.15, -0.1) is 11.3 Å². The van der Waals surface area contributed by atoms with E-state index >= 15 is 0 Å². The average molecular weight is 441 g/mol. The number of sulfonamides is 1. The second-order valence-electron chi connectivity index (χ2n) is 6.83. The van der Waals surface area contributed by atoms with E-state index in [-0.39, 0.29) is 27.6 Å². The number of nitrogens with one attached hydrogen (secondary N) is 1. The van der Waals surface area contributed by atoms with Gasteiger partial charge in [-0.05, 0) is 38.3 Å². The molecule has 0 aliphatic carbocycles. The summed E-state index contributed by atoms with van der Waals surface area (Å²) in [5.41, 5.74) is 12.1. The normalized spacial score (nSPS) is 17.7. The summed E-state index contributed by atoms with van der Waals surface area (Å²) >= 11 is 0.914. The molecule has 0 spiro atoms. The predicted molar refractivity (Wildman–Crippen MR) is 112 cm³/mol. The highest BCUT2D eigenvalue weighted by molar-refractivity contribution is 7.91. The number of aromatic hydroxyl groups is 1. The Bertz CT molecular complexity index is 1030. The van der Waals surface area contributed by atoms with Crippen LogP contribution in [-0.2, 0) is 10.0 Å². The Morgan fingerprint density at radius 2 is 2.07 bits per heavy atom. The average Bonchev–Trinajstić information content (AvgIpc) is 3.42. The number of rotatable bonds is 6. The fourth-order valence-corrected chi connectivity index (χ4v) is 5.97. The van der Waals surface area contributed by atoms with Gasteiger partial charge in [0, 0.05) is 18.5 Å². The van der Waals surface area contributed by atoms with Crippen LogP contribution < -0.4 is 16.5 Å². The summed E-state index contributed by atoms with van der Waals surface area (Å²) in [5, 5.41) is 11.9. The summed E-state index contributed by atoms with van der Waals surface area (Å²) < 4.78 is 32.2. The van der Waals surface area contributed by atoms with Crippen LogP contribution in [0.3, 0.4) is 0 Å². The number of aliphatic imine (C=N–C) groups is 1. The highest BCUT2D eigenvalue weighted by atomic mass is 32.2. The molecule has 29 heavy (non-hydrogen) atoms. The maximum absolute atomic E-state index is 12.7. The number of furan rings is 1. The zero-order valence-corrected chi connectivity index (χ0v) is 18.0. The molecule has 1 aliphatic rings. The van der Waals surface area contributed by atoms with Crippen molar-refractivity contribution in [2.75, 3.05) is 13.1 Å². The fraction of sp³-hybridized carbons (Fsp3) is 0.444. The lowest BCUT2D eigenvalue weighted by Gasteiger charge is -2.13. The third-order valence-corrected chi connectivity index (χ3v) is 8.09. The first-order chi connectivity index (χ1) is 13.7. The van der Waals surface area contributed by atoms with E-state index in [1.807, 2.05) is 26.0 Å². The summed E-state index contributed by atoms with van der Waals surface area (Å²) in [6, 6.07) is 3.52. The number of hydrogen-bond acceptors (Lipinski definition) is 6. The van der Waals surface area contributed by atoms with Crippen molar-refractivity contribution in [3.05, 3.63) is 29.0 Å². The van der Waals surface area contributed by atoms with Gasteiger partial charge in [-0.25, -0.2) is 13.4 Å². The van der Waals surface area contributed by atoms with E-state index in [1.165, 1.54) is 9.69 Å². The zero-order chi connectivity index (χ0) is 21.2. The van der Waals surface area contributed by atoms with Gasteiger partial charge in [0.05, 0.1) is 0 Å². The Morgan fingerprint density at radius 3 is 2.66 bits per heavy atom. The van der Waals surface area contributed by atoms with Crippen LogP contribution in [0, 0.1) is 6.92 Å². The minimum atomic E-state index is -3.74. The summed E-state index contributed by atoms with van der Waals surface area (Å²) in [4.78, 5) is 7.18. The number of nitrogens with two attached hydrogens (primary N) is 2. The maximum Gasteiger partial charge on any atom is 0.309 e. The van der Waals surface area contributed by atoms with E-state index in [0.29, 0.717) is 19.5 Å². The Hall–Kier alpha value is -2.37. The van der Waals surface area contributed by atoms with E-state index in [2.05, 4.69) is 9.98 Å². The van der Waals surface area contributed by atoms with Gasteiger partial charge in [0.2, 0.25) is 5.84 Å². The van der Waals surface area contributed by atoms with Crippen molar-refractivity contribution in [2.24, 2.45) is 16.5 Å². The van der Waals surface area contributed by atoms with Crippen LogP contribution in [-0.4, -0.2) is 42.6 Å². The predicted octanol–water partition coefficient (Wildman–Crippen LogP) is 0.717. The van der Waals surface area contributed by atoms with Gasteiger partial charge >= 0.3 is 5.84 Å². The zero-order valence-electron chi connectivity index (χ0n) is 16.4. The first kappa shape index (κ1) is 21.3. The van der Waals surface area contributed by atoms with Crippen LogP contribution in [0.2, 0.25) is 0 Å². The molecule has 1 aliphatic heterocycles. The van der Waals surface area contributed by atoms with Crippen LogP contribution in [0.25, 0.3) is 0 Å². The molecule has 6 N–H and O–H groups in total. The molecule has 158 valence electrons. The molecule has 0 amide bonds. The lowest BCUT2D eigenvalue weighted by Crippen LogP contribution is -2.79. The Morgan fingerprint density at radius 1 is 1.38 bits per heavy atom. The van der Waals surface area contributed by atoms with Crippen LogP contribution in [0.5, 0.6) is 5.75 Å². The largest absolute Gasteiger partial charge is 0.504 e. The quantitative estimate of drug-likeness (QED) is 0.384. The van der Waals surface area contributed by atoms with E-state index in [9.17, 15) is 13.5 Å². The van der Waals surface area contributed by atoms with Crippen LogP contribution in [0.4, 0.5) is 5.69 Å². The molecule has 1 saturated heterocycles. The number of aryl methyl sites for hydroxylation is 1. The number of amidine groups is 2. The van der Waals surface area contributed by atoms with Crippen molar-refractivity contribution in [3.63, 3.8) is 0 Å². The minimum absolute atomic E-state index is 0.0510. The second kappa shape index (κ2) is 8.56. The summed E-state index contributed by atoms with van der Waals surface area (Å²) in [7, 11) is -3.74. The highest BCUT2D eigenvalue weighted by Crippen LogP contribution is 2.41. The minimum Gasteiger partial charge on any atom is -0.504 e. The number of hydrogen-bond donors (Lipinski definition) is 4. The van der Waals surface area contributed by atoms with E-state index in [4.69, 9.17) is 15.9 Å². The van der Waals surface area contributed by atoms with Gasteiger partial charge in [0.25, 0.3) is 10.0 Å². The summed E-state index contributed by atoms with van der Waals surface area (Å²) in [6.07, 6.45) is 2.32. The Labute approximate surface area is 173 Å². The molecule has 1 atom stereocenters. The van der Waals surface area contributed by atoms with Gasteiger partial charge in [0.1, 0.15) is 17.2 Å². The molecule has 2 aromatic heterocycles. The van der Waals surface area contributed by atoms with Crippen molar-refractivity contribution in [3.8, 4) is 5.75 Å². The van der Waals surface area contributed by atoms with Crippen LogP contribution in [0.1, 0.15) is 43.7 Å². The molecule has 0 aromatic carbocycles. The summed E-state index contributed by atoms with van der Waals surface area (Å²) in [6.45, 7) is 4.73. The summed E-state index contributed by atoms with van der Waals surface area (Å²) in [5.74, 6) is 1.16. The fourth-order valence-electron chi connectivity index (χ4n) is 3.10. The smallest absolute Gasteiger partial charge is 0.309 e. The molecule has 1 fully saturated rings. The van der Waals surface area contributed by atoms with Gasteiger partial charge in [-0.2, -0.15) is 4.31 Å². The van der Waals surface area contributed by atoms with Gasteiger partial charge < -0.3 is 15.3 Å². The molecule has 11 heteroatoms.